The van der Waals surface area contributed by atoms with Crippen LogP contribution in [0.4, 0.5) is 0 Å². The van der Waals surface area contributed by atoms with Gasteiger partial charge in [-0.25, -0.2) is 0 Å². The summed E-state index contributed by atoms with van der Waals surface area (Å²) in [5.41, 5.74) is 6.59. The Balaban J connectivity index is 1.24. The Morgan fingerprint density at radius 3 is 0.657 bits per heavy atom. The highest BCUT2D eigenvalue weighted by molar-refractivity contribution is 6.82. The number of benzene rings is 18. The molecule has 1 saturated heterocycles. The normalized spacial score (nSPS) is 24.0. The highest BCUT2D eigenvalue weighted by Gasteiger charge is 2.74. The van der Waals surface area contributed by atoms with Crippen molar-refractivity contribution in [1.82, 2.24) is 5.32 Å². The second-order valence-corrected chi connectivity index (χ2v) is 25.0. The molecule has 1 fully saturated rings. The number of hydrogen-bond donors (Lipinski definition) is 1. The van der Waals surface area contributed by atoms with E-state index in [1.165, 1.54) is 0 Å². The van der Waals surface area contributed by atoms with Crippen LogP contribution < -0.4 is 5.32 Å². The van der Waals surface area contributed by atoms with Gasteiger partial charge in [-0.05, 0) is 320 Å². The molecule has 1 heterocycles. The van der Waals surface area contributed by atoms with Crippen molar-refractivity contribution in [1.29, 1.82) is 0 Å². The molecule has 33 rings (SSSR count). The summed E-state index contributed by atoms with van der Waals surface area (Å²) in [4.78, 5) is 0. The summed E-state index contributed by atoms with van der Waals surface area (Å²) >= 11 is 0. The van der Waals surface area contributed by atoms with Gasteiger partial charge in [0.05, 0.1) is 10.8 Å². The predicted molar refractivity (Wildman–Crippen MR) is 284 cm³/mol. The summed E-state index contributed by atoms with van der Waals surface area (Å²) in [6.45, 7) is 3.09. The summed E-state index contributed by atoms with van der Waals surface area (Å²) in [7, 11) is 0. The molecule has 2 spiro atoms. The molecule has 0 bridgehead atoms. The molecular formula is C66H9N. The fourth-order valence-corrected chi connectivity index (χ4v) is 25.3. The van der Waals surface area contributed by atoms with Crippen LogP contribution in [0.1, 0.15) is 35.6 Å². The fourth-order valence-electron chi connectivity index (χ4n) is 25.3. The SMILES string of the molecule is CC#CCC1NCC23c4c5c6c7c8c9c(c%10c%11c2c2c4c4c%12c5c5c6c6c8c8c%13c9c9c%10c%10c%11c%11c2c2c4c4c%12c%12c5c5c6c8c6c8c%13c9c9c%10c%10c%11c2c2c4c4c%12c5c6c5c8c9c%10c2c45)C713. The third kappa shape index (κ3) is 1.25. The summed E-state index contributed by atoms with van der Waals surface area (Å²) in [6, 6.07) is 0.218. The van der Waals surface area contributed by atoms with Crippen LogP contribution in [-0.2, 0) is 10.8 Å². The van der Waals surface area contributed by atoms with Crippen LogP contribution >= 0.6 is 0 Å². The van der Waals surface area contributed by atoms with Crippen molar-refractivity contribution in [3.63, 3.8) is 0 Å². The molecule has 1 heteroatoms. The van der Waals surface area contributed by atoms with E-state index >= 15 is 0 Å². The highest BCUT2D eigenvalue weighted by Crippen LogP contribution is 2.85. The van der Waals surface area contributed by atoms with Crippen molar-refractivity contribution < 1.29 is 0 Å². The lowest BCUT2D eigenvalue weighted by molar-refractivity contribution is 0.357. The third-order valence-corrected chi connectivity index (χ3v) is 25.2. The summed E-state index contributed by atoms with van der Waals surface area (Å²) in [5.74, 6) is 7.33. The molecule has 0 radical (unpaired) electrons. The van der Waals surface area contributed by atoms with Gasteiger partial charge in [0.2, 0.25) is 0 Å². The predicted octanol–water partition coefficient (Wildman–Crippen LogP) is 16.7. The summed E-state index contributed by atoms with van der Waals surface area (Å²) < 4.78 is 0. The number of rotatable bonds is 1. The molecule has 1 N–H and O–H groups in total. The molecule has 67 heavy (non-hydrogen) atoms. The Morgan fingerprint density at radius 2 is 0.463 bits per heavy atom. The molecule has 5 aliphatic rings. The maximum atomic E-state index is 4.57. The van der Waals surface area contributed by atoms with Crippen LogP contribution in [-0.4, -0.2) is 12.6 Å². The van der Waals surface area contributed by atoms with Gasteiger partial charge in [-0.2, -0.15) is 0 Å². The molecular weight excluding hydrogens is 807 g/mol. The zero-order valence-corrected chi connectivity index (χ0v) is 34.5. The first-order valence-corrected chi connectivity index (χ1v) is 25.3. The van der Waals surface area contributed by atoms with Crippen molar-refractivity contribution in [2.24, 2.45) is 0 Å². The van der Waals surface area contributed by atoms with Gasteiger partial charge >= 0.3 is 0 Å². The Bertz CT molecular complexity index is 6960. The Hall–Kier alpha value is -8.02. The lowest BCUT2D eigenvalue weighted by atomic mass is 9.48. The monoisotopic (exact) mass is 815 g/mol. The molecule has 4 aliphatic carbocycles. The third-order valence-electron chi connectivity index (χ3n) is 25.2. The van der Waals surface area contributed by atoms with Crippen molar-refractivity contribution in [3.8, 4) is 11.8 Å². The molecule has 1 atom stereocenters. The first kappa shape index (κ1) is 24.5. The Kier molecular flexibility index (Phi) is 1.99. The van der Waals surface area contributed by atoms with Gasteiger partial charge in [-0.1, -0.05) is 0 Å². The van der Waals surface area contributed by atoms with E-state index in [1.54, 1.807) is 313 Å². The van der Waals surface area contributed by atoms with Crippen LogP contribution in [0.25, 0.3) is 291 Å². The van der Waals surface area contributed by atoms with E-state index in [-0.39, 0.29) is 16.9 Å². The lowest BCUT2D eigenvalue weighted by Crippen LogP contribution is -2.54. The van der Waals surface area contributed by atoms with Gasteiger partial charge in [0.15, 0.2) is 0 Å². The van der Waals surface area contributed by atoms with Crippen LogP contribution in [0.15, 0.2) is 0 Å². The van der Waals surface area contributed by atoms with E-state index in [0.717, 1.165) is 13.0 Å². The molecule has 1 aliphatic heterocycles. The van der Waals surface area contributed by atoms with Crippen LogP contribution in [0.2, 0.25) is 0 Å². The minimum Gasteiger partial charge on any atom is -0.310 e. The number of nitrogens with one attached hydrogen (secondary N) is 1. The van der Waals surface area contributed by atoms with E-state index in [9.17, 15) is 0 Å². The zero-order valence-electron chi connectivity index (χ0n) is 34.5. The van der Waals surface area contributed by atoms with E-state index in [4.69, 9.17) is 0 Å². The van der Waals surface area contributed by atoms with Crippen molar-refractivity contribution in [2.75, 3.05) is 6.54 Å². The van der Waals surface area contributed by atoms with Crippen LogP contribution in [0.3, 0.4) is 0 Å². The average Bonchev–Trinajstić information content (AvgIpc) is 4.18. The molecule has 1 nitrogen and oxygen atoms in total. The fraction of sp³-hybridized carbons (Fsp3) is 0.0909. The molecule has 28 aromatic carbocycles. The molecule has 1 unspecified atom stereocenters. The standard InChI is InChI=1S/C66H9N/c1-2-3-4-6-66-63-57-51-41-29-21-13-9-7-8-11-15(13)23(29)33-27-19(11)20-12(8)16-14-10(7)18-17(9)25-31(21)39-45-35(25)36-26(18)32-22(14)30-24(16)34-28(20)38-37(27)49(43(33)51)59(63)60-50(38)44(34)52-42(30)48-40(32)46(36)54-53(45)61(55(57)47(39)41)65(66,5-67-6)62(54)56(48)58(52)64(60)66/h6,67H,4-5H2,1H3. The van der Waals surface area contributed by atoms with E-state index in [2.05, 4.69) is 24.1 Å². The summed E-state index contributed by atoms with van der Waals surface area (Å²) in [5, 5.41) is 94.9. The Labute approximate surface area is 365 Å². The topological polar surface area (TPSA) is 12.0 Å². The molecule has 28 aromatic rings. The Morgan fingerprint density at radius 1 is 0.284 bits per heavy atom. The van der Waals surface area contributed by atoms with Crippen molar-refractivity contribution in [2.45, 2.75) is 30.2 Å². The van der Waals surface area contributed by atoms with Crippen LogP contribution in [0, 0.1) is 11.8 Å². The molecule has 0 saturated carbocycles. The minimum atomic E-state index is -0.248. The molecule has 0 aromatic heterocycles. The van der Waals surface area contributed by atoms with Gasteiger partial charge in [-0.15, -0.1) is 11.8 Å². The lowest BCUT2D eigenvalue weighted by Gasteiger charge is -2.51. The van der Waals surface area contributed by atoms with Gasteiger partial charge in [0.1, 0.15) is 0 Å². The first-order valence-electron chi connectivity index (χ1n) is 25.3. The maximum absolute atomic E-state index is 4.57. The van der Waals surface area contributed by atoms with E-state index < -0.39 is 0 Å². The van der Waals surface area contributed by atoms with E-state index in [0.29, 0.717) is 0 Å². The molecule has 0 amide bonds. The highest BCUT2D eigenvalue weighted by atomic mass is 15.0. The smallest absolute Gasteiger partial charge is 0.0540 e. The zero-order chi connectivity index (χ0) is 39.6. The first-order chi connectivity index (χ1) is 33.4. The second kappa shape index (κ2) is 5.44. The van der Waals surface area contributed by atoms with Crippen molar-refractivity contribution >= 4 is 291 Å². The van der Waals surface area contributed by atoms with Crippen LogP contribution in [0.5, 0.6) is 0 Å². The van der Waals surface area contributed by atoms with Gasteiger partial charge in [0.25, 0.3) is 0 Å². The average molecular weight is 816 g/mol. The minimum absolute atomic E-state index is 0.210. The van der Waals surface area contributed by atoms with Gasteiger partial charge < -0.3 is 5.32 Å². The van der Waals surface area contributed by atoms with Crippen molar-refractivity contribution in [3.05, 3.63) is 22.3 Å². The number of hydrogen-bond acceptors (Lipinski definition) is 1. The van der Waals surface area contributed by atoms with E-state index in [1.807, 2.05) is 0 Å². The summed E-state index contributed by atoms with van der Waals surface area (Å²) in [6.07, 6.45) is 0.884. The second-order valence-electron chi connectivity index (χ2n) is 25.0. The maximum Gasteiger partial charge on any atom is 0.0540 e. The van der Waals surface area contributed by atoms with Gasteiger partial charge in [-0.3, -0.25) is 0 Å². The quantitative estimate of drug-likeness (QED) is 0.129. The van der Waals surface area contributed by atoms with Gasteiger partial charge in [0, 0.05) is 19.0 Å². The largest absolute Gasteiger partial charge is 0.310 e. The molecule has 278 valence electrons.